The minimum atomic E-state index is 1.06. The van der Waals surface area contributed by atoms with Crippen molar-refractivity contribution in [3.63, 3.8) is 0 Å². The molecule has 2 heteroatoms. The van der Waals surface area contributed by atoms with Crippen LogP contribution in [0.15, 0.2) is 115 Å². The molecule has 184 valence electrons. The molecule has 0 saturated carbocycles. The molecule has 0 spiro atoms. The van der Waals surface area contributed by atoms with E-state index in [1.807, 2.05) is 0 Å². The molecule has 0 fully saturated rings. The molecule has 0 saturated heterocycles. The fourth-order valence-corrected chi connectivity index (χ4v) is 7.01. The number of benzene rings is 7. The topological polar surface area (TPSA) is 12.9 Å². The summed E-state index contributed by atoms with van der Waals surface area (Å²) in [5, 5.41) is 8.85. The van der Waals surface area contributed by atoms with Gasteiger partial charge in [-0.3, -0.25) is 0 Å². The Morgan fingerprint density at radius 2 is 1.10 bits per heavy atom. The summed E-state index contributed by atoms with van der Waals surface area (Å²) >= 11 is 1.78. The lowest BCUT2D eigenvalue weighted by Crippen LogP contribution is -1.92. The smallest absolute Gasteiger partial charge is 0.125 e. The largest absolute Gasteiger partial charge is 0.236 e. The molecular weight excluding hydrogens is 490 g/mol. The van der Waals surface area contributed by atoms with Crippen molar-refractivity contribution in [1.29, 1.82) is 0 Å². The zero-order valence-corrected chi connectivity index (χ0v) is 22.6. The predicted octanol–water partition coefficient (Wildman–Crippen LogP) is 10.8. The Kier molecular flexibility index (Phi) is 4.89. The van der Waals surface area contributed by atoms with E-state index in [1.165, 1.54) is 76.0 Å². The monoisotopic (exact) mass is 515 g/mol. The summed E-state index contributed by atoms with van der Waals surface area (Å²) < 4.78 is 1.22. The molecule has 0 aliphatic carbocycles. The molecule has 0 atom stereocenters. The van der Waals surface area contributed by atoms with E-state index in [4.69, 9.17) is 4.98 Å². The first-order valence-corrected chi connectivity index (χ1v) is 14.2. The van der Waals surface area contributed by atoms with E-state index in [9.17, 15) is 0 Å². The van der Waals surface area contributed by atoms with Gasteiger partial charge in [0, 0.05) is 5.56 Å². The Hall–Kier alpha value is -4.53. The number of thiazole rings is 1. The van der Waals surface area contributed by atoms with Gasteiger partial charge < -0.3 is 0 Å². The Labute approximate surface area is 231 Å². The first kappa shape index (κ1) is 22.5. The van der Waals surface area contributed by atoms with Crippen LogP contribution in [-0.4, -0.2) is 4.98 Å². The highest BCUT2D eigenvalue weighted by molar-refractivity contribution is 7.21. The average molecular weight is 516 g/mol. The second kappa shape index (κ2) is 8.49. The second-order valence-electron chi connectivity index (χ2n) is 10.6. The van der Waals surface area contributed by atoms with Crippen LogP contribution in [-0.2, 0) is 0 Å². The van der Waals surface area contributed by atoms with E-state index in [-0.39, 0.29) is 0 Å². The lowest BCUT2D eigenvalue weighted by atomic mass is 9.85. The van der Waals surface area contributed by atoms with Crippen LogP contribution in [0.2, 0.25) is 0 Å². The van der Waals surface area contributed by atoms with Gasteiger partial charge in [-0.15, -0.1) is 11.3 Å². The highest BCUT2D eigenvalue weighted by Crippen LogP contribution is 2.46. The van der Waals surface area contributed by atoms with E-state index in [0.29, 0.717) is 0 Å². The van der Waals surface area contributed by atoms with Crippen LogP contribution in [0.1, 0.15) is 11.1 Å². The Morgan fingerprint density at radius 1 is 0.513 bits per heavy atom. The van der Waals surface area contributed by atoms with Gasteiger partial charge in [0.05, 0.1) is 10.2 Å². The lowest BCUT2D eigenvalue weighted by Gasteiger charge is -2.19. The minimum absolute atomic E-state index is 1.06. The van der Waals surface area contributed by atoms with Gasteiger partial charge in [0.25, 0.3) is 0 Å². The van der Waals surface area contributed by atoms with Crippen LogP contribution >= 0.6 is 11.3 Å². The van der Waals surface area contributed by atoms with Crippen LogP contribution in [0.5, 0.6) is 0 Å². The Balaban J connectivity index is 1.52. The van der Waals surface area contributed by atoms with E-state index in [2.05, 4.69) is 129 Å². The molecule has 0 N–H and O–H groups in total. The van der Waals surface area contributed by atoms with E-state index >= 15 is 0 Å². The van der Waals surface area contributed by atoms with E-state index in [0.717, 1.165) is 10.5 Å². The van der Waals surface area contributed by atoms with Crippen LogP contribution in [0, 0.1) is 13.8 Å². The molecule has 1 nitrogen and oxygen atoms in total. The number of fused-ring (bicyclic) bond motifs is 1. The minimum Gasteiger partial charge on any atom is -0.236 e. The predicted molar refractivity (Wildman–Crippen MR) is 169 cm³/mol. The number of hydrogen-bond acceptors (Lipinski definition) is 2. The lowest BCUT2D eigenvalue weighted by molar-refractivity contribution is 1.47. The van der Waals surface area contributed by atoms with Crippen molar-refractivity contribution in [3.8, 4) is 32.8 Å². The van der Waals surface area contributed by atoms with Gasteiger partial charge in [0.15, 0.2) is 0 Å². The molecule has 0 radical (unpaired) electrons. The maximum Gasteiger partial charge on any atom is 0.125 e. The summed E-state index contributed by atoms with van der Waals surface area (Å²) in [5.41, 5.74) is 9.83. The van der Waals surface area contributed by atoms with Crippen molar-refractivity contribution < 1.29 is 0 Å². The molecule has 0 bridgehead atoms. The molecule has 7 aromatic carbocycles. The van der Waals surface area contributed by atoms with E-state index < -0.39 is 0 Å². The number of aromatic nitrogens is 1. The van der Waals surface area contributed by atoms with Gasteiger partial charge in [-0.05, 0) is 86.6 Å². The fourth-order valence-electron chi connectivity index (χ4n) is 6.02. The third-order valence-corrected chi connectivity index (χ3v) is 9.10. The maximum atomic E-state index is 5.11. The number of para-hydroxylation sites is 1. The van der Waals surface area contributed by atoms with Crippen LogP contribution in [0.4, 0.5) is 0 Å². The van der Waals surface area contributed by atoms with Crippen molar-refractivity contribution in [2.75, 3.05) is 0 Å². The van der Waals surface area contributed by atoms with Gasteiger partial charge in [-0.25, -0.2) is 4.98 Å². The standard InChI is InChI=1S/C37H25NS/c1-22-7-11-24(12-8-22)27-17-15-26-16-18-29-31(25-13-9-23(2)10-14-25)21-32(30-20-19-28(27)35(26)36(29)30)37-38-33-5-3-4-6-34(33)39-37/h3-21H,1-2H3. The molecule has 1 heterocycles. The molecule has 8 rings (SSSR count). The summed E-state index contributed by atoms with van der Waals surface area (Å²) in [6, 6.07) is 42.4. The van der Waals surface area contributed by atoms with Crippen LogP contribution < -0.4 is 0 Å². The number of rotatable bonds is 3. The SMILES string of the molecule is Cc1ccc(-c2ccc3ccc4c(-c5ccc(C)cc5)cc(-c5nc6ccccc6s5)c5ccc2c3c45)cc1. The fraction of sp³-hybridized carbons (Fsp3) is 0.0541. The summed E-state index contributed by atoms with van der Waals surface area (Å²) in [6.45, 7) is 4.29. The molecule has 1 aromatic heterocycles. The third kappa shape index (κ3) is 3.49. The Morgan fingerprint density at radius 3 is 1.82 bits per heavy atom. The van der Waals surface area contributed by atoms with Crippen molar-refractivity contribution in [2.24, 2.45) is 0 Å². The van der Waals surface area contributed by atoms with Gasteiger partial charge in [-0.2, -0.15) is 0 Å². The van der Waals surface area contributed by atoms with Crippen molar-refractivity contribution in [1.82, 2.24) is 4.98 Å². The van der Waals surface area contributed by atoms with E-state index in [1.54, 1.807) is 11.3 Å². The first-order valence-electron chi connectivity index (χ1n) is 13.4. The normalized spacial score (nSPS) is 11.8. The molecule has 39 heavy (non-hydrogen) atoms. The van der Waals surface area contributed by atoms with Gasteiger partial charge >= 0.3 is 0 Å². The van der Waals surface area contributed by atoms with Crippen LogP contribution in [0.3, 0.4) is 0 Å². The summed E-state index contributed by atoms with van der Waals surface area (Å²) in [5.74, 6) is 0. The van der Waals surface area contributed by atoms with Crippen molar-refractivity contribution in [3.05, 3.63) is 126 Å². The van der Waals surface area contributed by atoms with Crippen LogP contribution in [0.25, 0.3) is 75.4 Å². The quantitative estimate of drug-likeness (QED) is 0.213. The summed E-state index contributed by atoms with van der Waals surface area (Å²) in [4.78, 5) is 5.11. The van der Waals surface area contributed by atoms with Gasteiger partial charge in [-0.1, -0.05) is 108 Å². The number of nitrogens with zero attached hydrogens (tertiary/aromatic N) is 1. The summed E-state index contributed by atoms with van der Waals surface area (Å²) in [6.07, 6.45) is 0. The van der Waals surface area contributed by atoms with Crippen molar-refractivity contribution >= 4 is 53.9 Å². The molecule has 8 aromatic rings. The maximum absolute atomic E-state index is 5.11. The summed E-state index contributed by atoms with van der Waals surface area (Å²) in [7, 11) is 0. The van der Waals surface area contributed by atoms with Gasteiger partial charge in [0.1, 0.15) is 5.01 Å². The zero-order valence-electron chi connectivity index (χ0n) is 21.8. The molecule has 0 amide bonds. The zero-order chi connectivity index (χ0) is 26.1. The van der Waals surface area contributed by atoms with Crippen molar-refractivity contribution in [2.45, 2.75) is 13.8 Å². The highest BCUT2D eigenvalue weighted by Gasteiger charge is 2.19. The second-order valence-corrected chi connectivity index (χ2v) is 11.6. The Bertz CT molecular complexity index is 2130. The average Bonchev–Trinajstić information content (AvgIpc) is 3.41. The molecule has 0 aliphatic heterocycles. The molecule has 0 aliphatic rings. The highest BCUT2D eigenvalue weighted by atomic mass is 32.1. The molecule has 0 unspecified atom stereocenters. The number of aryl methyl sites for hydroxylation is 2. The third-order valence-electron chi connectivity index (χ3n) is 8.03. The van der Waals surface area contributed by atoms with Gasteiger partial charge in [0.2, 0.25) is 0 Å². The first-order chi connectivity index (χ1) is 19.1. The molecular formula is C37H25NS. The number of hydrogen-bond donors (Lipinski definition) is 0.